The summed E-state index contributed by atoms with van der Waals surface area (Å²) in [6.07, 6.45) is 0. The quantitative estimate of drug-likeness (QED) is 0.884. The Morgan fingerprint density at radius 2 is 2.00 bits per heavy atom. The van der Waals surface area contributed by atoms with Gasteiger partial charge in [-0.15, -0.1) is 0 Å². The van der Waals surface area contributed by atoms with Crippen LogP contribution >= 0.6 is 0 Å². The van der Waals surface area contributed by atoms with Crippen LogP contribution in [0, 0.1) is 0 Å². The second-order valence-electron chi connectivity index (χ2n) is 5.27. The van der Waals surface area contributed by atoms with Gasteiger partial charge in [-0.2, -0.15) is 5.10 Å². The Balaban J connectivity index is 2.51. The average Bonchev–Trinajstić information content (AvgIpc) is 2.46. The molecule has 2 aromatic rings. The molecule has 2 N–H and O–H groups in total. The third-order valence-electron chi connectivity index (χ3n) is 3.21. The van der Waals surface area contributed by atoms with Gasteiger partial charge in [0.05, 0.1) is 11.4 Å². The molecule has 1 aromatic carbocycles. The van der Waals surface area contributed by atoms with E-state index in [1.54, 1.807) is 25.1 Å². The van der Waals surface area contributed by atoms with E-state index in [1.165, 1.54) is 6.07 Å². The van der Waals surface area contributed by atoms with Crippen molar-refractivity contribution in [3.8, 4) is 11.1 Å². The summed E-state index contributed by atoms with van der Waals surface area (Å²) in [5.74, 6) is 0.129. The van der Waals surface area contributed by atoms with Crippen molar-refractivity contribution in [3.05, 3.63) is 46.4 Å². The molecule has 0 aliphatic rings. The lowest BCUT2D eigenvalue weighted by Gasteiger charge is -2.12. The van der Waals surface area contributed by atoms with Crippen molar-refractivity contribution in [1.29, 1.82) is 0 Å². The zero-order valence-electron chi connectivity index (χ0n) is 12.8. The molecule has 1 heterocycles. The van der Waals surface area contributed by atoms with Gasteiger partial charge in [-0.05, 0) is 30.5 Å². The number of H-pyrrole nitrogens is 1. The van der Waals surface area contributed by atoms with Crippen molar-refractivity contribution in [1.82, 2.24) is 10.2 Å². The van der Waals surface area contributed by atoms with E-state index in [1.807, 2.05) is 19.9 Å². The standard InChI is InChI=1S/C15H19N3O3S/c1-4-22(20,21)18-12-7-5-6-11(8-12)13-9-14(19)16-17-15(13)10(2)3/h5-10,18H,4H2,1-3H3,(H,16,19). The maximum atomic E-state index is 11.7. The highest BCUT2D eigenvalue weighted by Gasteiger charge is 2.13. The third kappa shape index (κ3) is 3.73. The normalized spacial score (nSPS) is 11.6. The fourth-order valence-corrected chi connectivity index (χ4v) is 2.72. The van der Waals surface area contributed by atoms with Crippen molar-refractivity contribution >= 4 is 15.7 Å². The Hall–Kier alpha value is -2.15. The summed E-state index contributed by atoms with van der Waals surface area (Å²) in [4.78, 5) is 11.6. The minimum atomic E-state index is -3.34. The molecule has 0 radical (unpaired) electrons. The maximum Gasteiger partial charge on any atom is 0.264 e. The highest BCUT2D eigenvalue weighted by atomic mass is 32.2. The van der Waals surface area contributed by atoms with Crippen molar-refractivity contribution in [3.63, 3.8) is 0 Å². The van der Waals surface area contributed by atoms with Crippen molar-refractivity contribution in [2.75, 3.05) is 10.5 Å². The first-order valence-electron chi connectivity index (χ1n) is 7.03. The molecule has 0 unspecified atom stereocenters. The smallest absolute Gasteiger partial charge is 0.264 e. The first-order valence-corrected chi connectivity index (χ1v) is 8.68. The fourth-order valence-electron chi connectivity index (χ4n) is 2.09. The lowest BCUT2D eigenvalue weighted by atomic mass is 9.98. The molecule has 0 aliphatic heterocycles. The van der Waals surface area contributed by atoms with Crippen LogP contribution in [-0.4, -0.2) is 24.4 Å². The molecule has 22 heavy (non-hydrogen) atoms. The minimum Gasteiger partial charge on any atom is -0.284 e. The van der Waals surface area contributed by atoms with Crippen LogP contribution in [0.2, 0.25) is 0 Å². The number of rotatable bonds is 5. The second kappa shape index (κ2) is 6.31. The van der Waals surface area contributed by atoms with Gasteiger partial charge in [0.2, 0.25) is 10.0 Å². The molecule has 0 fully saturated rings. The van der Waals surface area contributed by atoms with Gasteiger partial charge in [-0.3, -0.25) is 9.52 Å². The molecule has 0 spiro atoms. The first kappa shape index (κ1) is 16.2. The van der Waals surface area contributed by atoms with Crippen LogP contribution in [0.5, 0.6) is 0 Å². The Labute approximate surface area is 129 Å². The van der Waals surface area contributed by atoms with E-state index in [-0.39, 0.29) is 17.2 Å². The van der Waals surface area contributed by atoms with Crippen LogP contribution in [0.3, 0.4) is 0 Å². The zero-order valence-corrected chi connectivity index (χ0v) is 13.6. The Bertz CT molecular complexity index is 826. The monoisotopic (exact) mass is 321 g/mol. The molecule has 0 saturated carbocycles. The third-order valence-corrected chi connectivity index (χ3v) is 4.52. The van der Waals surface area contributed by atoms with Crippen LogP contribution in [0.1, 0.15) is 32.4 Å². The molecule has 1 aromatic heterocycles. The average molecular weight is 321 g/mol. The van der Waals surface area contributed by atoms with Crippen LogP contribution in [0.25, 0.3) is 11.1 Å². The lowest BCUT2D eigenvalue weighted by molar-refractivity contribution is 0.602. The van der Waals surface area contributed by atoms with Gasteiger partial charge < -0.3 is 0 Å². The van der Waals surface area contributed by atoms with Gasteiger partial charge in [0.1, 0.15) is 0 Å². The van der Waals surface area contributed by atoms with Crippen LogP contribution in [0.4, 0.5) is 5.69 Å². The lowest BCUT2D eigenvalue weighted by Crippen LogP contribution is -2.14. The Morgan fingerprint density at radius 3 is 2.64 bits per heavy atom. The number of aromatic nitrogens is 2. The molecule has 0 bridgehead atoms. The van der Waals surface area contributed by atoms with Gasteiger partial charge >= 0.3 is 0 Å². The van der Waals surface area contributed by atoms with Crippen molar-refractivity contribution < 1.29 is 8.42 Å². The highest BCUT2D eigenvalue weighted by Crippen LogP contribution is 2.28. The number of hydrogen-bond donors (Lipinski definition) is 2. The number of sulfonamides is 1. The first-order chi connectivity index (χ1) is 10.3. The van der Waals surface area contributed by atoms with E-state index in [2.05, 4.69) is 14.9 Å². The largest absolute Gasteiger partial charge is 0.284 e. The number of aromatic amines is 1. The van der Waals surface area contributed by atoms with Crippen LogP contribution < -0.4 is 10.3 Å². The van der Waals surface area contributed by atoms with Crippen LogP contribution in [0.15, 0.2) is 35.1 Å². The van der Waals surface area contributed by atoms with E-state index < -0.39 is 10.0 Å². The van der Waals surface area contributed by atoms with Gasteiger partial charge in [-0.25, -0.2) is 13.5 Å². The predicted molar refractivity (Wildman–Crippen MR) is 87.5 cm³/mol. The molecule has 0 aliphatic carbocycles. The number of nitrogens with zero attached hydrogens (tertiary/aromatic N) is 1. The molecule has 7 heteroatoms. The van der Waals surface area contributed by atoms with Gasteiger partial charge in [0, 0.05) is 17.3 Å². The predicted octanol–water partition coefficient (Wildman–Crippen LogP) is 2.32. The fraction of sp³-hybridized carbons (Fsp3) is 0.333. The molecule has 6 nitrogen and oxygen atoms in total. The number of nitrogens with one attached hydrogen (secondary N) is 2. The van der Waals surface area contributed by atoms with E-state index >= 15 is 0 Å². The Morgan fingerprint density at radius 1 is 1.27 bits per heavy atom. The van der Waals surface area contributed by atoms with Gasteiger partial charge in [-0.1, -0.05) is 26.0 Å². The van der Waals surface area contributed by atoms with Gasteiger partial charge in [0.15, 0.2) is 0 Å². The van der Waals surface area contributed by atoms with Crippen LogP contribution in [-0.2, 0) is 10.0 Å². The molecular weight excluding hydrogens is 302 g/mol. The maximum absolute atomic E-state index is 11.7. The number of anilines is 1. The van der Waals surface area contributed by atoms with Gasteiger partial charge in [0.25, 0.3) is 5.56 Å². The summed E-state index contributed by atoms with van der Waals surface area (Å²) in [5.41, 5.74) is 2.39. The summed E-state index contributed by atoms with van der Waals surface area (Å²) in [6, 6.07) is 8.43. The second-order valence-corrected chi connectivity index (χ2v) is 7.28. The minimum absolute atomic E-state index is 0.00102. The molecular formula is C15H19N3O3S. The van der Waals surface area contributed by atoms with Crippen molar-refractivity contribution in [2.24, 2.45) is 0 Å². The number of hydrogen-bond acceptors (Lipinski definition) is 4. The topological polar surface area (TPSA) is 91.9 Å². The van der Waals surface area contributed by atoms with Crippen molar-refractivity contribution in [2.45, 2.75) is 26.7 Å². The van der Waals surface area contributed by atoms with E-state index in [4.69, 9.17) is 0 Å². The molecule has 2 rings (SSSR count). The molecule has 0 amide bonds. The molecule has 0 saturated heterocycles. The SMILES string of the molecule is CCS(=O)(=O)Nc1cccc(-c2cc(=O)[nH]nc2C(C)C)c1. The highest BCUT2D eigenvalue weighted by molar-refractivity contribution is 7.92. The van der Waals surface area contributed by atoms with E-state index in [0.29, 0.717) is 11.3 Å². The number of benzene rings is 1. The van der Waals surface area contributed by atoms with E-state index in [9.17, 15) is 13.2 Å². The zero-order chi connectivity index (χ0) is 16.3. The summed E-state index contributed by atoms with van der Waals surface area (Å²) in [5, 5.41) is 6.53. The summed E-state index contributed by atoms with van der Waals surface area (Å²) < 4.78 is 25.8. The summed E-state index contributed by atoms with van der Waals surface area (Å²) in [6.45, 7) is 5.53. The Kier molecular flexibility index (Phi) is 4.65. The molecule has 118 valence electrons. The van der Waals surface area contributed by atoms with E-state index in [0.717, 1.165) is 11.3 Å². The molecule has 0 atom stereocenters. The summed E-state index contributed by atoms with van der Waals surface area (Å²) in [7, 11) is -3.34. The summed E-state index contributed by atoms with van der Waals surface area (Å²) >= 11 is 0.